The standard InChI is InChI=1S/C20H17ClFNO2S/c1-12(2)26-18-17(14-5-7-15(21)8-6-14)19(24)23(20(18)25)11-13-3-9-16(22)10-4-13/h3-10,12H,11H2,1-2H3. The molecule has 1 heterocycles. The number of thioether (sulfide) groups is 1. The molecule has 0 N–H and O–H groups in total. The lowest BCUT2D eigenvalue weighted by Crippen LogP contribution is -2.31. The molecule has 0 unspecified atom stereocenters. The zero-order valence-corrected chi connectivity index (χ0v) is 15.9. The molecule has 2 amide bonds. The summed E-state index contributed by atoms with van der Waals surface area (Å²) in [6.45, 7) is 4.05. The summed E-state index contributed by atoms with van der Waals surface area (Å²) in [4.78, 5) is 27.5. The smallest absolute Gasteiger partial charge is 0.268 e. The zero-order valence-electron chi connectivity index (χ0n) is 14.3. The Morgan fingerprint density at radius 3 is 2.19 bits per heavy atom. The fourth-order valence-electron chi connectivity index (χ4n) is 2.69. The van der Waals surface area contributed by atoms with Crippen molar-refractivity contribution in [1.29, 1.82) is 0 Å². The summed E-state index contributed by atoms with van der Waals surface area (Å²) in [6, 6.07) is 12.7. The second-order valence-corrected chi connectivity index (χ2v) is 8.22. The Morgan fingerprint density at radius 2 is 1.62 bits per heavy atom. The number of rotatable bonds is 5. The third kappa shape index (κ3) is 3.84. The summed E-state index contributed by atoms with van der Waals surface area (Å²) in [5, 5.41) is 0.710. The maximum atomic E-state index is 13.1. The highest BCUT2D eigenvalue weighted by Crippen LogP contribution is 2.38. The van der Waals surface area contributed by atoms with Crippen LogP contribution in [0.25, 0.3) is 5.57 Å². The Kier molecular flexibility index (Phi) is 5.49. The van der Waals surface area contributed by atoms with Crippen LogP contribution in [0.3, 0.4) is 0 Å². The van der Waals surface area contributed by atoms with Crippen molar-refractivity contribution >= 4 is 40.8 Å². The molecular weight excluding hydrogens is 373 g/mol. The van der Waals surface area contributed by atoms with Crippen LogP contribution >= 0.6 is 23.4 Å². The molecule has 26 heavy (non-hydrogen) atoms. The number of hydrogen-bond acceptors (Lipinski definition) is 3. The Morgan fingerprint density at radius 1 is 1.00 bits per heavy atom. The van der Waals surface area contributed by atoms with Gasteiger partial charge in [-0.15, -0.1) is 11.8 Å². The number of carbonyl (C=O) groups is 2. The fourth-order valence-corrected chi connectivity index (χ4v) is 3.82. The molecule has 0 saturated heterocycles. The lowest BCUT2D eigenvalue weighted by molar-refractivity contribution is -0.137. The van der Waals surface area contributed by atoms with E-state index in [2.05, 4.69) is 0 Å². The van der Waals surface area contributed by atoms with Gasteiger partial charge in [-0.2, -0.15) is 0 Å². The van der Waals surface area contributed by atoms with Crippen molar-refractivity contribution in [3.63, 3.8) is 0 Å². The average molecular weight is 390 g/mol. The second kappa shape index (κ2) is 7.64. The van der Waals surface area contributed by atoms with Crippen molar-refractivity contribution in [3.8, 4) is 0 Å². The van der Waals surface area contributed by atoms with E-state index in [0.717, 1.165) is 0 Å². The molecule has 0 fully saturated rings. The largest absolute Gasteiger partial charge is 0.269 e. The molecule has 3 rings (SSSR count). The molecule has 0 radical (unpaired) electrons. The van der Waals surface area contributed by atoms with E-state index >= 15 is 0 Å². The summed E-state index contributed by atoms with van der Waals surface area (Å²) in [6.07, 6.45) is 0. The summed E-state index contributed by atoms with van der Waals surface area (Å²) < 4.78 is 13.1. The lowest BCUT2D eigenvalue weighted by atomic mass is 10.1. The van der Waals surface area contributed by atoms with E-state index in [1.54, 1.807) is 36.4 Å². The quantitative estimate of drug-likeness (QED) is 0.682. The van der Waals surface area contributed by atoms with Crippen LogP contribution in [0.5, 0.6) is 0 Å². The molecule has 3 nitrogen and oxygen atoms in total. The van der Waals surface area contributed by atoms with Crippen LogP contribution in [0.2, 0.25) is 5.02 Å². The van der Waals surface area contributed by atoms with E-state index in [4.69, 9.17) is 11.6 Å². The molecule has 0 aromatic heterocycles. The number of halogens is 2. The SMILES string of the molecule is CC(C)SC1=C(c2ccc(Cl)cc2)C(=O)N(Cc2ccc(F)cc2)C1=O. The van der Waals surface area contributed by atoms with Crippen LogP contribution in [0.4, 0.5) is 4.39 Å². The summed E-state index contributed by atoms with van der Waals surface area (Å²) >= 11 is 7.31. The molecule has 2 aromatic rings. The van der Waals surface area contributed by atoms with Gasteiger partial charge in [0.1, 0.15) is 5.82 Å². The van der Waals surface area contributed by atoms with Gasteiger partial charge in [-0.05, 0) is 35.4 Å². The van der Waals surface area contributed by atoms with Gasteiger partial charge in [0.15, 0.2) is 0 Å². The number of amides is 2. The van der Waals surface area contributed by atoms with Crippen molar-refractivity contribution in [1.82, 2.24) is 4.90 Å². The Hall–Kier alpha value is -2.11. The van der Waals surface area contributed by atoms with Crippen LogP contribution in [-0.2, 0) is 16.1 Å². The molecule has 1 aliphatic heterocycles. The van der Waals surface area contributed by atoms with Gasteiger partial charge in [0.2, 0.25) is 0 Å². The van der Waals surface area contributed by atoms with Gasteiger partial charge < -0.3 is 0 Å². The molecule has 0 bridgehead atoms. The Bertz CT molecular complexity index is 876. The van der Waals surface area contributed by atoms with Crippen LogP contribution in [0.15, 0.2) is 53.4 Å². The topological polar surface area (TPSA) is 37.4 Å². The maximum Gasteiger partial charge on any atom is 0.268 e. The molecule has 1 aliphatic rings. The van der Waals surface area contributed by atoms with Gasteiger partial charge in [0, 0.05) is 10.3 Å². The van der Waals surface area contributed by atoms with Gasteiger partial charge in [-0.1, -0.05) is 49.7 Å². The number of imide groups is 1. The van der Waals surface area contributed by atoms with Crippen molar-refractivity contribution < 1.29 is 14.0 Å². The van der Waals surface area contributed by atoms with E-state index in [9.17, 15) is 14.0 Å². The summed E-state index contributed by atoms with van der Waals surface area (Å²) in [5.74, 6) is -1.02. The van der Waals surface area contributed by atoms with Gasteiger partial charge in [-0.25, -0.2) is 4.39 Å². The van der Waals surface area contributed by atoms with E-state index in [1.165, 1.54) is 28.8 Å². The predicted octanol–water partition coefficient (Wildman–Crippen LogP) is 4.90. The molecule has 134 valence electrons. The first-order valence-electron chi connectivity index (χ1n) is 8.14. The molecule has 0 aliphatic carbocycles. The Labute approximate surface area is 160 Å². The highest BCUT2D eigenvalue weighted by atomic mass is 35.5. The normalized spacial score (nSPS) is 14.7. The highest BCUT2D eigenvalue weighted by Gasteiger charge is 2.39. The molecular formula is C20H17ClFNO2S. The van der Waals surface area contributed by atoms with Crippen LogP contribution in [-0.4, -0.2) is 22.0 Å². The molecule has 0 saturated carbocycles. The molecule has 0 atom stereocenters. The van der Waals surface area contributed by atoms with Crippen LogP contribution < -0.4 is 0 Å². The first kappa shape index (κ1) is 18.7. The van der Waals surface area contributed by atoms with E-state index in [0.29, 0.717) is 26.6 Å². The monoisotopic (exact) mass is 389 g/mol. The zero-order chi connectivity index (χ0) is 18.8. The predicted molar refractivity (Wildman–Crippen MR) is 103 cm³/mol. The third-order valence-electron chi connectivity index (χ3n) is 3.87. The molecule has 0 spiro atoms. The molecule has 6 heteroatoms. The van der Waals surface area contributed by atoms with Crippen molar-refractivity contribution in [2.24, 2.45) is 0 Å². The lowest BCUT2D eigenvalue weighted by Gasteiger charge is -2.15. The first-order valence-corrected chi connectivity index (χ1v) is 9.40. The van der Waals surface area contributed by atoms with Gasteiger partial charge >= 0.3 is 0 Å². The highest BCUT2D eigenvalue weighted by molar-refractivity contribution is 8.04. The minimum Gasteiger partial charge on any atom is -0.269 e. The molecule has 2 aromatic carbocycles. The first-order chi connectivity index (χ1) is 12.4. The van der Waals surface area contributed by atoms with E-state index < -0.39 is 0 Å². The van der Waals surface area contributed by atoms with Crippen molar-refractivity contribution in [3.05, 3.63) is 75.4 Å². The summed E-state index contributed by atoms with van der Waals surface area (Å²) in [5.41, 5.74) is 1.75. The van der Waals surface area contributed by atoms with Gasteiger partial charge in [0.25, 0.3) is 11.8 Å². The average Bonchev–Trinajstić information content (AvgIpc) is 2.82. The van der Waals surface area contributed by atoms with Crippen LogP contribution in [0.1, 0.15) is 25.0 Å². The third-order valence-corrected chi connectivity index (χ3v) is 5.20. The number of nitrogens with zero attached hydrogens (tertiary/aromatic N) is 1. The minimum absolute atomic E-state index is 0.108. The number of carbonyl (C=O) groups excluding carboxylic acids is 2. The van der Waals surface area contributed by atoms with Crippen LogP contribution in [0, 0.1) is 5.82 Å². The van der Waals surface area contributed by atoms with Crippen molar-refractivity contribution in [2.75, 3.05) is 0 Å². The number of benzene rings is 2. The fraction of sp³-hybridized carbons (Fsp3) is 0.200. The van der Waals surface area contributed by atoms with E-state index in [-0.39, 0.29) is 29.4 Å². The van der Waals surface area contributed by atoms with E-state index in [1.807, 2.05) is 13.8 Å². The second-order valence-electron chi connectivity index (χ2n) is 6.20. The van der Waals surface area contributed by atoms with Gasteiger partial charge in [0.05, 0.1) is 17.0 Å². The Balaban J connectivity index is 1.97. The maximum absolute atomic E-state index is 13.1. The number of hydrogen-bond donors (Lipinski definition) is 0. The van der Waals surface area contributed by atoms with Gasteiger partial charge in [-0.3, -0.25) is 14.5 Å². The minimum atomic E-state index is -0.358. The van der Waals surface area contributed by atoms with Crippen molar-refractivity contribution in [2.45, 2.75) is 25.6 Å². The summed E-state index contributed by atoms with van der Waals surface area (Å²) in [7, 11) is 0.